The summed E-state index contributed by atoms with van der Waals surface area (Å²) >= 11 is 0. The van der Waals surface area contributed by atoms with Crippen LogP contribution in [-0.4, -0.2) is 61.0 Å². The molecule has 0 saturated carbocycles. The van der Waals surface area contributed by atoms with Gasteiger partial charge in [-0.2, -0.15) is 0 Å². The number of likely N-dealkylation sites (tertiary alicyclic amines) is 1. The van der Waals surface area contributed by atoms with Gasteiger partial charge in [-0.25, -0.2) is 0 Å². The summed E-state index contributed by atoms with van der Waals surface area (Å²) < 4.78 is 5.66. The van der Waals surface area contributed by atoms with Gasteiger partial charge in [0, 0.05) is 0 Å². The number of nitrogens with one attached hydrogen (secondary N) is 1. The Bertz CT molecular complexity index is 200. The van der Waals surface area contributed by atoms with E-state index in [1.807, 2.05) is 20.8 Å². The maximum absolute atomic E-state index is 9.24. The van der Waals surface area contributed by atoms with Crippen molar-refractivity contribution in [2.75, 3.05) is 39.4 Å². The van der Waals surface area contributed by atoms with Crippen LogP contribution >= 0.6 is 0 Å². The first kappa shape index (κ1) is 14.9. The zero-order valence-corrected chi connectivity index (χ0v) is 11.5. The number of hydrogen-bond donors (Lipinski definition) is 2. The number of rotatable bonds is 8. The molecule has 0 unspecified atom stereocenters. The normalized spacial score (nSPS) is 19.1. The van der Waals surface area contributed by atoms with Gasteiger partial charge in [-0.3, -0.25) is 0 Å². The lowest BCUT2D eigenvalue weighted by Gasteiger charge is -2.31. The third kappa shape index (κ3) is 6.99. The molecule has 17 heavy (non-hydrogen) atoms. The Morgan fingerprint density at radius 3 is 2.53 bits per heavy atom. The Labute approximate surface area is 105 Å². The molecule has 0 aromatic carbocycles. The van der Waals surface area contributed by atoms with Crippen molar-refractivity contribution in [2.45, 2.75) is 45.3 Å². The van der Waals surface area contributed by atoms with E-state index in [9.17, 15) is 5.11 Å². The predicted octanol–water partition coefficient (Wildman–Crippen LogP) is 0.848. The second-order valence-electron chi connectivity index (χ2n) is 5.81. The monoisotopic (exact) mass is 244 g/mol. The van der Waals surface area contributed by atoms with Crippen LogP contribution in [0.2, 0.25) is 0 Å². The van der Waals surface area contributed by atoms with Crippen LogP contribution in [0.1, 0.15) is 33.6 Å². The molecule has 0 aliphatic carbocycles. The largest absolute Gasteiger partial charge is 0.395 e. The number of aliphatic hydroxyl groups is 1. The van der Waals surface area contributed by atoms with Crippen LogP contribution in [0.25, 0.3) is 0 Å². The number of hydrogen-bond acceptors (Lipinski definition) is 4. The zero-order valence-electron chi connectivity index (χ0n) is 11.5. The smallest absolute Gasteiger partial charge is 0.0649 e. The molecule has 0 radical (unpaired) electrons. The molecule has 0 bridgehead atoms. The summed E-state index contributed by atoms with van der Waals surface area (Å²) in [6, 6.07) is 0.0608. The van der Waals surface area contributed by atoms with Gasteiger partial charge in [-0.15, -0.1) is 0 Å². The Morgan fingerprint density at radius 1 is 1.35 bits per heavy atom. The third-order valence-electron chi connectivity index (χ3n) is 2.97. The molecule has 0 amide bonds. The Hall–Kier alpha value is -0.160. The maximum Gasteiger partial charge on any atom is 0.0649 e. The summed E-state index contributed by atoms with van der Waals surface area (Å²) in [7, 11) is 0. The van der Waals surface area contributed by atoms with Crippen molar-refractivity contribution in [3.05, 3.63) is 0 Å². The summed E-state index contributed by atoms with van der Waals surface area (Å²) in [6.07, 6.45) is 2.50. The van der Waals surface area contributed by atoms with Crippen molar-refractivity contribution in [1.29, 1.82) is 0 Å². The fraction of sp³-hybridized carbons (Fsp3) is 1.00. The van der Waals surface area contributed by atoms with Crippen LogP contribution in [0.4, 0.5) is 0 Å². The Balaban J connectivity index is 2.01. The van der Waals surface area contributed by atoms with E-state index in [1.165, 1.54) is 26.1 Å². The number of aliphatic hydroxyl groups excluding tert-OH is 1. The Morgan fingerprint density at radius 2 is 2.06 bits per heavy atom. The molecule has 102 valence electrons. The van der Waals surface area contributed by atoms with Crippen LogP contribution in [-0.2, 0) is 4.74 Å². The van der Waals surface area contributed by atoms with Crippen LogP contribution in [0, 0.1) is 0 Å². The van der Waals surface area contributed by atoms with Crippen LogP contribution in [0.5, 0.6) is 0 Å². The molecule has 1 rings (SSSR count). The molecule has 0 aromatic heterocycles. The molecule has 1 heterocycles. The lowest BCUT2D eigenvalue weighted by molar-refractivity contribution is -0.0214. The van der Waals surface area contributed by atoms with Crippen molar-refractivity contribution in [1.82, 2.24) is 10.2 Å². The first-order valence-electron chi connectivity index (χ1n) is 6.72. The van der Waals surface area contributed by atoms with E-state index in [2.05, 4.69) is 10.2 Å². The van der Waals surface area contributed by atoms with Gasteiger partial charge in [-0.05, 0) is 59.8 Å². The van der Waals surface area contributed by atoms with Gasteiger partial charge >= 0.3 is 0 Å². The minimum absolute atomic E-state index is 0.0608. The first-order chi connectivity index (χ1) is 8.01. The molecular formula is C13H28N2O2. The predicted molar refractivity (Wildman–Crippen MR) is 70.3 cm³/mol. The summed E-state index contributed by atoms with van der Waals surface area (Å²) in [6.45, 7) is 11.5. The molecule has 4 heteroatoms. The quantitative estimate of drug-likeness (QED) is 0.621. The Kier molecular flexibility index (Phi) is 6.41. The van der Waals surface area contributed by atoms with E-state index >= 15 is 0 Å². The second kappa shape index (κ2) is 7.31. The van der Waals surface area contributed by atoms with Crippen molar-refractivity contribution in [3.8, 4) is 0 Å². The highest BCUT2D eigenvalue weighted by Crippen LogP contribution is 2.07. The summed E-state index contributed by atoms with van der Waals surface area (Å²) in [4.78, 5) is 2.46. The molecule has 2 N–H and O–H groups in total. The fourth-order valence-corrected chi connectivity index (χ4v) is 1.74. The molecule has 1 fully saturated rings. The standard InChI is InChI=1S/C13H28N2O2/c1-13(2,3)17-11-12(10-16)14-6-4-7-15-8-5-9-15/h12,14,16H,4-11H2,1-3H3/t12-/m1/s1. The summed E-state index contributed by atoms with van der Waals surface area (Å²) in [5, 5.41) is 12.6. The summed E-state index contributed by atoms with van der Waals surface area (Å²) in [5.74, 6) is 0. The minimum Gasteiger partial charge on any atom is -0.395 e. The first-order valence-corrected chi connectivity index (χ1v) is 6.72. The van der Waals surface area contributed by atoms with E-state index in [4.69, 9.17) is 4.74 Å². The zero-order chi connectivity index (χ0) is 12.7. The second-order valence-corrected chi connectivity index (χ2v) is 5.81. The highest BCUT2D eigenvalue weighted by Gasteiger charge is 2.15. The van der Waals surface area contributed by atoms with Crippen molar-refractivity contribution in [3.63, 3.8) is 0 Å². The maximum atomic E-state index is 9.24. The van der Waals surface area contributed by atoms with Crippen LogP contribution in [0.3, 0.4) is 0 Å². The van der Waals surface area contributed by atoms with Gasteiger partial charge in [0.2, 0.25) is 0 Å². The lowest BCUT2D eigenvalue weighted by atomic mass is 10.2. The van der Waals surface area contributed by atoms with E-state index < -0.39 is 0 Å². The van der Waals surface area contributed by atoms with Crippen molar-refractivity contribution in [2.24, 2.45) is 0 Å². The lowest BCUT2D eigenvalue weighted by Crippen LogP contribution is -2.42. The fourth-order valence-electron chi connectivity index (χ4n) is 1.74. The highest BCUT2D eigenvalue weighted by atomic mass is 16.5. The molecule has 1 saturated heterocycles. The molecule has 0 aromatic rings. The van der Waals surface area contributed by atoms with Gasteiger partial charge in [0.05, 0.1) is 24.9 Å². The third-order valence-corrected chi connectivity index (χ3v) is 2.97. The van der Waals surface area contributed by atoms with Gasteiger partial charge in [-0.1, -0.05) is 0 Å². The molecular weight excluding hydrogens is 216 g/mol. The van der Waals surface area contributed by atoms with Gasteiger partial charge in [0.15, 0.2) is 0 Å². The average molecular weight is 244 g/mol. The number of nitrogens with zero attached hydrogens (tertiary/aromatic N) is 1. The molecule has 1 atom stereocenters. The van der Waals surface area contributed by atoms with Crippen molar-refractivity contribution < 1.29 is 9.84 Å². The topological polar surface area (TPSA) is 44.7 Å². The molecule has 0 spiro atoms. The summed E-state index contributed by atoms with van der Waals surface area (Å²) in [5.41, 5.74) is -0.132. The minimum atomic E-state index is -0.132. The van der Waals surface area contributed by atoms with E-state index in [-0.39, 0.29) is 18.2 Å². The van der Waals surface area contributed by atoms with Gasteiger partial charge in [0.25, 0.3) is 0 Å². The van der Waals surface area contributed by atoms with Crippen LogP contribution in [0.15, 0.2) is 0 Å². The van der Waals surface area contributed by atoms with E-state index in [0.29, 0.717) is 6.61 Å². The molecule has 4 nitrogen and oxygen atoms in total. The van der Waals surface area contributed by atoms with E-state index in [1.54, 1.807) is 0 Å². The molecule has 1 aliphatic heterocycles. The van der Waals surface area contributed by atoms with E-state index in [0.717, 1.165) is 13.0 Å². The van der Waals surface area contributed by atoms with Crippen LogP contribution < -0.4 is 5.32 Å². The van der Waals surface area contributed by atoms with Crippen molar-refractivity contribution >= 4 is 0 Å². The van der Waals surface area contributed by atoms with Gasteiger partial charge in [0.1, 0.15) is 0 Å². The molecule has 1 aliphatic rings. The average Bonchev–Trinajstić information content (AvgIpc) is 2.18. The van der Waals surface area contributed by atoms with Gasteiger partial charge < -0.3 is 20.1 Å². The number of ether oxygens (including phenoxy) is 1. The highest BCUT2D eigenvalue weighted by molar-refractivity contribution is 4.71. The SMILES string of the molecule is CC(C)(C)OC[C@@H](CO)NCCCN1CCC1.